The summed E-state index contributed by atoms with van der Waals surface area (Å²) in [4.78, 5) is 12.0. The number of hydrogen-bond donors (Lipinski definition) is 3. The average Bonchev–Trinajstić information content (AvgIpc) is 2.54. The molecule has 0 saturated carbocycles. The van der Waals surface area contributed by atoms with Gasteiger partial charge in [0, 0.05) is 6.07 Å². The lowest BCUT2D eigenvalue weighted by molar-refractivity contribution is 0.403. The molecule has 120 valence electrons. The molecule has 24 heavy (non-hydrogen) atoms. The molecule has 5 heteroatoms. The van der Waals surface area contributed by atoms with Crippen LogP contribution in [0.25, 0.3) is 23.1 Å². The van der Waals surface area contributed by atoms with E-state index in [1.54, 1.807) is 42.5 Å². The zero-order valence-electron chi connectivity index (χ0n) is 12.5. The van der Waals surface area contributed by atoms with Gasteiger partial charge in [0.05, 0.1) is 0 Å². The summed E-state index contributed by atoms with van der Waals surface area (Å²) in [5.41, 5.74) is 0.704. The Bertz CT molecular complexity index is 1010. The molecule has 3 rings (SSSR count). The van der Waals surface area contributed by atoms with Crippen molar-refractivity contribution in [1.29, 1.82) is 0 Å². The lowest BCUT2D eigenvalue weighted by Gasteiger charge is -2.00. The van der Waals surface area contributed by atoms with Crippen molar-refractivity contribution in [3.05, 3.63) is 76.2 Å². The van der Waals surface area contributed by atoms with Crippen molar-refractivity contribution in [2.24, 2.45) is 0 Å². The topological polar surface area (TPSA) is 90.9 Å². The maximum atomic E-state index is 12.0. The van der Waals surface area contributed by atoms with Crippen molar-refractivity contribution in [3.8, 4) is 17.2 Å². The molecule has 0 amide bonds. The van der Waals surface area contributed by atoms with E-state index in [-0.39, 0.29) is 28.1 Å². The second-order valence-corrected chi connectivity index (χ2v) is 5.13. The van der Waals surface area contributed by atoms with Gasteiger partial charge in [-0.05, 0) is 35.9 Å². The van der Waals surface area contributed by atoms with Crippen molar-refractivity contribution in [3.63, 3.8) is 0 Å². The highest BCUT2D eigenvalue weighted by Gasteiger charge is 2.06. The second-order valence-electron chi connectivity index (χ2n) is 5.13. The first-order chi connectivity index (χ1) is 11.5. The fourth-order valence-electron chi connectivity index (χ4n) is 2.25. The number of hydrogen-bond acceptors (Lipinski definition) is 5. The van der Waals surface area contributed by atoms with Crippen LogP contribution in [0.3, 0.4) is 0 Å². The lowest BCUT2D eigenvalue weighted by atomic mass is 10.2. The Labute approximate surface area is 137 Å². The number of fused-ring (bicyclic) bond motifs is 1. The summed E-state index contributed by atoms with van der Waals surface area (Å²) in [6, 6.07) is 10.4. The second kappa shape index (κ2) is 6.34. The summed E-state index contributed by atoms with van der Waals surface area (Å²) in [6.45, 7) is 0. The van der Waals surface area contributed by atoms with Crippen LogP contribution in [0.4, 0.5) is 0 Å². The minimum absolute atomic E-state index is 0.108. The van der Waals surface area contributed by atoms with Crippen LogP contribution in [0.2, 0.25) is 0 Å². The van der Waals surface area contributed by atoms with Crippen molar-refractivity contribution in [2.75, 3.05) is 0 Å². The van der Waals surface area contributed by atoms with E-state index < -0.39 is 0 Å². The van der Waals surface area contributed by atoms with Crippen molar-refractivity contribution in [1.82, 2.24) is 0 Å². The maximum absolute atomic E-state index is 12.0. The fraction of sp³-hybridized carbons (Fsp3) is 0. The molecule has 0 saturated heterocycles. The number of aromatic hydroxyl groups is 3. The molecule has 0 spiro atoms. The standard InChI is InChI=1S/C19H14O5/c20-14-9-8-12(10-16(14)22)4-1-2-5-13-11-17(23)19-15(21)6-3-7-18(19)24-13/h1-11,20-22H/b4-1+,5-2+. The molecule has 0 bridgehead atoms. The minimum Gasteiger partial charge on any atom is -0.507 e. The van der Waals surface area contributed by atoms with E-state index in [4.69, 9.17) is 4.42 Å². The Morgan fingerprint density at radius 2 is 1.62 bits per heavy atom. The number of phenols is 3. The van der Waals surface area contributed by atoms with Crippen LogP contribution in [0.15, 0.2) is 63.8 Å². The van der Waals surface area contributed by atoms with Crippen molar-refractivity contribution >= 4 is 23.1 Å². The van der Waals surface area contributed by atoms with Gasteiger partial charge in [0.2, 0.25) is 0 Å². The highest BCUT2D eigenvalue weighted by molar-refractivity contribution is 5.83. The smallest absolute Gasteiger partial charge is 0.197 e. The van der Waals surface area contributed by atoms with Crippen LogP contribution < -0.4 is 5.43 Å². The number of benzene rings is 2. The SMILES string of the molecule is O=c1cc(/C=C/C=C/c2ccc(O)c(O)c2)oc2cccc(O)c12. The molecule has 2 aromatic carbocycles. The average molecular weight is 322 g/mol. The highest BCUT2D eigenvalue weighted by Crippen LogP contribution is 2.25. The summed E-state index contributed by atoms with van der Waals surface area (Å²) in [5.74, 6) is -0.120. The van der Waals surface area contributed by atoms with Crippen LogP contribution in [0.1, 0.15) is 11.3 Å². The van der Waals surface area contributed by atoms with Crippen LogP contribution in [-0.2, 0) is 0 Å². The van der Waals surface area contributed by atoms with Gasteiger partial charge in [-0.2, -0.15) is 0 Å². The molecule has 0 fully saturated rings. The zero-order chi connectivity index (χ0) is 17.1. The van der Waals surface area contributed by atoms with Gasteiger partial charge in [0.25, 0.3) is 0 Å². The van der Waals surface area contributed by atoms with Crippen LogP contribution in [0, 0.1) is 0 Å². The van der Waals surface area contributed by atoms with E-state index in [9.17, 15) is 20.1 Å². The maximum Gasteiger partial charge on any atom is 0.197 e. The zero-order valence-corrected chi connectivity index (χ0v) is 12.5. The number of phenolic OH excluding ortho intramolecular Hbond substituents is 3. The molecule has 0 aliphatic carbocycles. The molecular formula is C19H14O5. The molecule has 0 unspecified atom stereocenters. The van der Waals surface area contributed by atoms with Gasteiger partial charge in [0.1, 0.15) is 22.5 Å². The van der Waals surface area contributed by atoms with E-state index in [1.165, 1.54) is 24.3 Å². The first-order valence-electron chi connectivity index (χ1n) is 7.17. The van der Waals surface area contributed by atoms with Crippen molar-refractivity contribution < 1.29 is 19.7 Å². The summed E-state index contributed by atoms with van der Waals surface area (Å²) in [6.07, 6.45) is 6.72. The Morgan fingerprint density at radius 1 is 0.833 bits per heavy atom. The number of rotatable bonds is 3. The third-order valence-electron chi connectivity index (χ3n) is 3.41. The van der Waals surface area contributed by atoms with Gasteiger partial charge >= 0.3 is 0 Å². The lowest BCUT2D eigenvalue weighted by Crippen LogP contribution is -2.00. The Balaban J connectivity index is 1.84. The first-order valence-corrected chi connectivity index (χ1v) is 7.17. The largest absolute Gasteiger partial charge is 0.507 e. The monoisotopic (exact) mass is 322 g/mol. The molecule has 1 aromatic heterocycles. The van der Waals surface area contributed by atoms with Gasteiger partial charge in [-0.1, -0.05) is 30.4 Å². The predicted octanol–water partition coefficient (Wildman–Crippen LogP) is 3.64. The molecular weight excluding hydrogens is 308 g/mol. The fourth-order valence-corrected chi connectivity index (χ4v) is 2.25. The third-order valence-corrected chi connectivity index (χ3v) is 3.41. The molecule has 3 aromatic rings. The molecule has 0 radical (unpaired) electrons. The summed E-state index contributed by atoms with van der Waals surface area (Å²) < 4.78 is 5.56. The normalized spacial score (nSPS) is 11.7. The highest BCUT2D eigenvalue weighted by atomic mass is 16.3. The van der Waals surface area contributed by atoms with E-state index in [2.05, 4.69) is 0 Å². The van der Waals surface area contributed by atoms with Gasteiger partial charge in [-0.15, -0.1) is 0 Å². The van der Waals surface area contributed by atoms with Crippen molar-refractivity contribution in [2.45, 2.75) is 0 Å². The Kier molecular flexibility index (Phi) is 4.07. The van der Waals surface area contributed by atoms with Crippen LogP contribution >= 0.6 is 0 Å². The van der Waals surface area contributed by atoms with Gasteiger partial charge < -0.3 is 19.7 Å². The van der Waals surface area contributed by atoms with Gasteiger partial charge in [0.15, 0.2) is 16.9 Å². The third kappa shape index (κ3) is 3.15. The molecule has 5 nitrogen and oxygen atoms in total. The summed E-state index contributed by atoms with van der Waals surface area (Å²) in [5, 5.41) is 28.5. The Morgan fingerprint density at radius 3 is 2.42 bits per heavy atom. The Hall–Kier alpha value is -3.47. The van der Waals surface area contributed by atoms with Gasteiger partial charge in [-0.25, -0.2) is 0 Å². The predicted molar refractivity (Wildman–Crippen MR) is 92.0 cm³/mol. The van der Waals surface area contributed by atoms with Gasteiger partial charge in [-0.3, -0.25) is 4.79 Å². The van der Waals surface area contributed by atoms with E-state index in [0.29, 0.717) is 16.9 Å². The quantitative estimate of drug-likeness (QED) is 0.506. The molecule has 0 aliphatic heterocycles. The van der Waals surface area contributed by atoms with E-state index in [0.717, 1.165) is 0 Å². The molecule has 0 aliphatic rings. The molecule has 0 atom stereocenters. The van der Waals surface area contributed by atoms with E-state index in [1.807, 2.05) is 0 Å². The van der Waals surface area contributed by atoms with Crippen LogP contribution in [0.5, 0.6) is 17.2 Å². The number of allylic oxidation sites excluding steroid dienone is 2. The van der Waals surface area contributed by atoms with E-state index >= 15 is 0 Å². The molecule has 3 N–H and O–H groups in total. The minimum atomic E-state index is -0.318. The first kappa shape index (κ1) is 15.4. The van der Waals surface area contributed by atoms with Crippen LogP contribution in [-0.4, -0.2) is 15.3 Å². The molecule has 1 heterocycles. The summed E-state index contributed by atoms with van der Waals surface area (Å²) >= 11 is 0. The summed E-state index contributed by atoms with van der Waals surface area (Å²) in [7, 11) is 0.